The molecule has 2 fully saturated rings. The van der Waals surface area contributed by atoms with Gasteiger partial charge in [0.1, 0.15) is 0 Å². The van der Waals surface area contributed by atoms with Gasteiger partial charge in [0.2, 0.25) is 11.9 Å². The van der Waals surface area contributed by atoms with Crippen LogP contribution in [0.3, 0.4) is 0 Å². The predicted molar refractivity (Wildman–Crippen MR) is 186 cm³/mol. The summed E-state index contributed by atoms with van der Waals surface area (Å²) in [5.74, 6) is 1.36. The summed E-state index contributed by atoms with van der Waals surface area (Å²) in [4.78, 5) is 50.5. The molecule has 7 rings (SSSR count). The highest BCUT2D eigenvalue weighted by Crippen LogP contribution is 2.33. The molecule has 3 aliphatic rings. The lowest BCUT2D eigenvalue weighted by Crippen LogP contribution is -2.40. The summed E-state index contributed by atoms with van der Waals surface area (Å²) >= 11 is 1.25. The third-order valence-corrected chi connectivity index (χ3v) is 9.48. The first-order valence-electron chi connectivity index (χ1n) is 16.5. The molecular formula is C35H37N7O7S. The van der Waals surface area contributed by atoms with E-state index in [4.69, 9.17) is 28.7 Å². The third kappa shape index (κ3) is 6.84. The first-order chi connectivity index (χ1) is 24.4. The molecular weight excluding hydrogens is 662 g/mol. The van der Waals surface area contributed by atoms with Gasteiger partial charge in [0.15, 0.2) is 16.3 Å². The Morgan fingerprint density at radius 3 is 2.22 bits per heavy atom. The van der Waals surface area contributed by atoms with Crippen molar-refractivity contribution < 1.29 is 28.5 Å². The van der Waals surface area contributed by atoms with Crippen LogP contribution in [0.15, 0.2) is 69.6 Å². The average Bonchev–Trinajstić information content (AvgIpc) is 3.45. The van der Waals surface area contributed by atoms with Crippen LogP contribution < -0.4 is 34.2 Å². The minimum atomic E-state index is -0.677. The molecule has 3 aliphatic heterocycles. The number of allylic oxidation sites excluding steroid dienone is 1. The van der Waals surface area contributed by atoms with E-state index in [0.717, 1.165) is 5.56 Å². The van der Waals surface area contributed by atoms with Crippen molar-refractivity contribution in [2.24, 2.45) is 4.99 Å². The van der Waals surface area contributed by atoms with Crippen LogP contribution in [0.25, 0.3) is 6.08 Å². The van der Waals surface area contributed by atoms with Crippen molar-refractivity contribution in [1.29, 1.82) is 0 Å². The van der Waals surface area contributed by atoms with Crippen LogP contribution in [0.2, 0.25) is 0 Å². The number of benzene rings is 2. The second-order valence-electron chi connectivity index (χ2n) is 11.6. The number of nitrogens with zero attached hydrogens (tertiary/aromatic N) is 7. The van der Waals surface area contributed by atoms with E-state index in [-0.39, 0.29) is 18.2 Å². The van der Waals surface area contributed by atoms with Crippen LogP contribution in [0.1, 0.15) is 31.0 Å². The maximum absolute atomic E-state index is 14.0. The molecule has 15 heteroatoms. The highest BCUT2D eigenvalue weighted by Gasteiger charge is 2.33. The van der Waals surface area contributed by atoms with Gasteiger partial charge in [0.05, 0.1) is 62.0 Å². The lowest BCUT2D eigenvalue weighted by Gasteiger charge is -2.30. The van der Waals surface area contributed by atoms with E-state index in [1.807, 2.05) is 36.4 Å². The fourth-order valence-electron chi connectivity index (χ4n) is 6.04. The van der Waals surface area contributed by atoms with Gasteiger partial charge >= 0.3 is 12.0 Å². The van der Waals surface area contributed by atoms with Gasteiger partial charge in [0.25, 0.3) is 5.56 Å². The van der Waals surface area contributed by atoms with Crippen LogP contribution in [0, 0.1) is 0 Å². The van der Waals surface area contributed by atoms with E-state index >= 15 is 0 Å². The summed E-state index contributed by atoms with van der Waals surface area (Å²) in [5, 5.41) is 0. The molecule has 0 amide bonds. The lowest BCUT2D eigenvalue weighted by atomic mass is 9.96. The Morgan fingerprint density at radius 1 is 0.940 bits per heavy atom. The number of rotatable bonds is 9. The Balaban J connectivity index is 1.23. The number of carbonyl (C=O) groups excluding carboxylic acids is 1. The number of hydrogen-bond acceptors (Lipinski definition) is 14. The van der Waals surface area contributed by atoms with Gasteiger partial charge in [-0.15, -0.1) is 0 Å². The van der Waals surface area contributed by atoms with Crippen molar-refractivity contribution in [3.8, 4) is 17.5 Å². The number of fused-ring (bicyclic) bond motifs is 1. The maximum atomic E-state index is 14.0. The summed E-state index contributed by atoms with van der Waals surface area (Å²) in [6, 6.07) is 14.3. The van der Waals surface area contributed by atoms with E-state index in [1.165, 1.54) is 11.3 Å². The van der Waals surface area contributed by atoms with Gasteiger partial charge in [-0.25, -0.2) is 9.79 Å². The fraction of sp³-hybridized carbons (Fsp3) is 0.371. The quantitative estimate of drug-likeness (QED) is 0.237. The van der Waals surface area contributed by atoms with Crippen molar-refractivity contribution in [3.63, 3.8) is 0 Å². The van der Waals surface area contributed by atoms with Crippen molar-refractivity contribution in [1.82, 2.24) is 19.5 Å². The molecule has 2 aromatic carbocycles. The fourth-order valence-corrected chi connectivity index (χ4v) is 7.09. The molecule has 50 heavy (non-hydrogen) atoms. The Hall–Kier alpha value is -5.12. The van der Waals surface area contributed by atoms with E-state index in [1.54, 1.807) is 43.7 Å². The minimum absolute atomic E-state index is 0.135. The predicted octanol–water partition coefficient (Wildman–Crippen LogP) is 2.46. The van der Waals surface area contributed by atoms with E-state index < -0.39 is 12.0 Å². The average molecular weight is 700 g/mol. The van der Waals surface area contributed by atoms with E-state index in [0.29, 0.717) is 102 Å². The van der Waals surface area contributed by atoms with Gasteiger partial charge in [-0.2, -0.15) is 15.0 Å². The molecule has 2 saturated heterocycles. The number of ether oxygens (including phenoxy) is 5. The Labute approximate surface area is 291 Å². The van der Waals surface area contributed by atoms with Crippen molar-refractivity contribution in [3.05, 3.63) is 90.6 Å². The summed E-state index contributed by atoms with van der Waals surface area (Å²) in [6.07, 6.45) is 1.78. The molecule has 1 unspecified atom stereocenters. The van der Waals surface area contributed by atoms with Crippen molar-refractivity contribution in [2.75, 3.05) is 76.1 Å². The minimum Gasteiger partial charge on any atom is -0.493 e. The molecule has 0 saturated carbocycles. The number of esters is 1. The largest absolute Gasteiger partial charge is 0.493 e. The molecule has 5 heterocycles. The summed E-state index contributed by atoms with van der Waals surface area (Å²) in [6.45, 7) is 8.70. The Morgan fingerprint density at radius 2 is 1.60 bits per heavy atom. The topological polar surface area (TPSA) is 143 Å². The zero-order valence-corrected chi connectivity index (χ0v) is 28.9. The first-order valence-corrected chi connectivity index (χ1v) is 17.3. The number of aromatic nitrogens is 4. The summed E-state index contributed by atoms with van der Waals surface area (Å²) < 4.78 is 30.4. The molecule has 260 valence electrons. The smallest absolute Gasteiger partial charge is 0.338 e. The number of hydrogen-bond donors (Lipinski definition) is 0. The number of carbonyl (C=O) groups is 1. The highest BCUT2D eigenvalue weighted by atomic mass is 32.1. The lowest BCUT2D eigenvalue weighted by molar-refractivity contribution is -0.139. The molecule has 4 aromatic rings. The Bertz CT molecular complexity index is 2050. The zero-order valence-electron chi connectivity index (χ0n) is 28.0. The van der Waals surface area contributed by atoms with Crippen LogP contribution >= 0.6 is 11.3 Å². The molecule has 0 spiro atoms. The Kier molecular flexibility index (Phi) is 9.87. The monoisotopic (exact) mass is 699 g/mol. The van der Waals surface area contributed by atoms with Crippen molar-refractivity contribution >= 4 is 35.3 Å². The molecule has 2 aromatic heterocycles. The van der Waals surface area contributed by atoms with Crippen LogP contribution in [0.5, 0.6) is 17.5 Å². The van der Waals surface area contributed by atoms with Gasteiger partial charge in [-0.3, -0.25) is 9.36 Å². The second-order valence-corrected chi connectivity index (χ2v) is 12.7. The molecule has 0 bridgehead atoms. The van der Waals surface area contributed by atoms with Crippen LogP contribution in [0.4, 0.5) is 11.9 Å². The van der Waals surface area contributed by atoms with Gasteiger partial charge in [0, 0.05) is 26.2 Å². The van der Waals surface area contributed by atoms with E-state index in [9.17, 15) is 9.59 Å². The molecule has 14 nitrogen and oxygen atoms in total. The summed E-state index contributed by atoms with van der Waals surface area (Å²) in [7, 11) is 1.55. The van der Waals surface area contributed by atoms with Gasteiger partial charge in [-0.1, -0.05) is 47.7 Å². The number of anilines is 2. The van der Waals surface area contributed by atoms with Crippen LogP contribution in [-0.2, 0) is 19.0 Å². The molecule has 1 atom stereocenters. The number of thiazole rings is 1. The second kappa shape index (κ2) is 14.8. The molecule has 0 radical (unpaired) electrons. The zero-order chi connectivity index (χ0) is 34.6. The van der Waals surface area contributed by atoms with E-state index in [2.05, 4.69) is 24.8 Å². The van der Waals surface area contributed by atoms with Gasteiger partial charge < -0.3 is 33.5 Å². The summed E-state index contributed by atoms with van der Waals surface area (Å²) in [5.41, 5.74) is 2.07. The maximum Gasteiger partial charge on any atom is 0.338 e. The third-order valence-electron chi connectivity index (χ3n) is 8.50. The number of methoxy groups -OCH3 is 1. The normalized spacial score (nSPS) is 18.1. The van der Waals surface area contributed by atoms with Crippen molar-refractivity contribution in [2.45, 2.75) is 19.9 Å². The SMILES string of the molecule is CCOC(=O)C1=C(C)N=c2sc(=Cc3ccc(Oc4nc(N5CCOCC5)nc(N5CCOCC5)n4)c(OC)c3)c(=O)n2C1c1ccccc1. The molecule has 0 N–H and O–H groups in total. The highest BCUT2D eigenvalue weighted by molar-refractivity contribution is 7.07. The standard InChI is InChI=1S/C35H37N7O7S/c1-4-48-31(44)28-22(2)36-35-42(29(28)24-8-6-5-7-9-24)30(43)27(50-35)21-23-10-11-25(26(20-23)45-3)49-34-38-32(40-12-16-46-17-13-40)37-33(39-34)41-14-18-47-19-15-41/h5-11,20-21,29H,4,12-19H2,1-3H3. The number of morpholine rings is 2. The molecule has 0 aliphatic carbocycles. The first kappa shape index (κ1) is 33.4. The van der Waals surface area contributed by atoms with Gasteiger partial charge in [-0.05, 0) is 43.2 Å². The van der Waals surface area contributed by atoms with Crippen LogP contribution in [-0.4, -0.2) is 91.8 Å².